The molecule has 3 aromatic rings. The number of pyridine rings is 1. The second-order valence-electron chi connectivity index (χ2n) is 6.31. The molecule has 3 rings (SSSR count). The average Bonchev–Trinajstić information content (AvgIpc) is 2.62. The lowest BCUT2D eigenvalue weighted by Gasteiger charge is -2.19. The number of phenols is 1. The predicted molar refractivity (Wildman–Crippen MR) is 104 cm³/mol. The van der Waals surface area contributed by atoms with E-state index in [1.165, 1.54) is 5.56 Å². The number of fused-ring (bicyclic) bond motifs is 1. The first-order valence-corrected chi connectivity index (χ1v) is 8.77. The van der Waals surface area contributed by atoms with Gasteiger partial charge in [-0.1, -0.05) is 26.0 Å². The lowest BCUT2D eigenvalue weighted by atomic mass is 10.1. The van der Waals surface area contributed by atoms with Gasteiger partial charge < -0.3 is 10.4 Å². The van der Waals surface area contributed by atoms with Crippen molar-refractivity contribution in [1.82, 2.24) is 9.88 Å². The molecule has 0 radical (unpaired) electrons. The van der Waals surface area contributed by atoms with Crippen molar-refractivity contribution in [3.05, 3.63) is 59.8 Å². The molecule has 25 heavy (non-hydrogen) atoms. The van der Waals surface area contributed by atoms with Crippen LogP contribution in [-0.4, -0.2) is 28.1 Å². The third kappa shape index (κ3) is 3.91. The molecule has 0 fully saturated rings. The second-order valence-corrected chi connectivity index (χ2v) is 6.31. The highest BCUT2D eigenvalue weighted by Crippen LogP contribution is 2.29. The van der Waals surface area contributed by atoms with Crippen LogP contribution in [0.3, 0.4) is 0 Å². The Morgan fingerprint density at radius 1 is 1.04 bits per heavy atom. The molecule has 1 aromatic heterocycles. The summed E-state index contributed by atoms with van der Waals surface area (Å²) in [7, 11) is 0. The number of rotatable bonds is 6. The highest BCUT2D eigenvalue weighted by molar-refractivity contribution is 5.93. The first-order valence-electron chi connectivity index (χ1n) is 8.77. The van der Waals surface area contributed by atoms with E-state index < -0.39 is 0 Å². The smallest absolute Gasteiger partial charge is 0.120 e. The Morgan fingerprint density at radius 3 is 2.60 bits per heavy atom. The summed E-state index contributed by atoms with van der Waals surface area (Å²) in [5.74, 6) is 0.340. The maximum absolute atomic E-state index is 10.2. The van der Waals surface area contributed by atoms with Crippen LogP contribution in [0.2, 0.25) is 0 Å². The van der Waals surface area contributed by atoms with Crippen LogP contribution in [0, 0.1) is 6.92 Å². The molecule has 0 bridgehead atoms. The fourth-order valence-corrected chi connectivity index (χ4v) is 3.00. The minimum Gasteiger partial charge on any atom is -0.508 e. The van der Waals surface area contributed by atoms with Gasteiger partial charge in [0.25, 0.3) is 0 Å². The Morgan fingerprint density at radius 2 is 1.84 bits per heavy atom. The molecular formula is C21H25N3O. The SMILES string of the molecule is CCN(CC)Cc1cc(Nc2ccnc3cc(C)ccc23)ccc1O. The normalized spacial score (nSPS) is 11.2. The number of phenolic OH excluding ortho intramolecular Hbond substituents is 1. The van der Waals surface area contributed by atoms with Crippen LogP contribution < -0.4 is 5.32 Å². The van der Waals surface area contributed by atoms with E-state index in [0.29, 0.717) is 5.75 Å². The van der Waals surface area contributed by atoms with E-state index in [1.807, 2.05) is 24.4 Å². The third-order valence-corrected chi connectivity index (χ3v) is 4.55. The quantitative estimate of drug-likeness (QED) is 0.633. The molecule has 0 saturated carbocycles. The van der Waals surface area contributed by atoms with Crippen LogP contribution in [0.4, 0.5) is 11.4 Å². The van der Waals surface area contributed by atoms with Crippen molar-refractivity contribution >= 4 is 22.3 Å². The molecule has 2 N–H and O–H groups in total. The van der Waals surface area contributed by atoms with Gasteiger partial charge in [-0.2, -0.15) is 0 Å². The zero-order valence-corrected chi connectivity index (χ0v) is 15.1. The predicted octanol–water partition coefficient (Wildman–Crippen LogP) is 4.83. The monoisotopic (exact) mass is 335 g/mol. The topological polar surface area (TPSA) is 48.4 Å². The number of hydrogen-bond acceptors (Lipinski definition) is 4. The van der Waals surface area contributed by atoms with Crippen molar-refractivity contribution in [2.75, 3.05) is 18.4 Å². The van der Waals surface area contributed by atoms with Crippen molar-refractivity contribution in [2.24, 2.45) is 0 Å². The highest BCUT2D eigenvalue weighted by atomic mass is 16.3. The van der Waals surface area contributed by atoms with E-state index in [4.69, 9.17) is 0 Å². The number of anilines is 2. The number of aryl methyl sites for hydroxylation is 1. The van der Waals surface area contributed by atoms with Gasteiger partial charge in [0.15, 0.2) is 0 Å². The molecule has 0 aliphatic rings. The molecule has 0 atom stereocenters. The maximum atomic E-state index is 10.2. The van der Waals surface area contributed by atoms with Gasteiger partial charge in [0.2, 0.25) is 0 Å². The maximum Gasteiger partial charge on any atom is 0.120 e. The Bertz CT molecular complexity index is 872. The van der Waals surface area contributed by atoms with Crippen molar-refractivity contribution < 1.29 is 5.11 Å². The van der Waals surface area contributed by atoms with Crippen molar-refractivity contribution in [3.63, 3.8) is 0 Å². The molecule has 4 nitrogen and oxygen atoms in total. The van der Waals surface area contributed by atoms with Crippen LogP contribution in [0.15, 0.2) is 48.7 Å². The standard InChI is InChI=1S/C21H25N3O/c1-4-24(5-2)14-16-13-17(7-9-21(16)25)23-19-10-11-22-20-12-15(3)6-8-18(19)20/h6-13,25H,4-5,14H2,1-3H3,(H,22,23). The summed E-state index contributed by atoms with van der Waals surface area (Å²) in [4.78, 5) is 6.73. The molecule has 0 amide bonds. The molecule has 0 spiro atoms. The number of nitrogens with one attached hydrogen (secondary N) is 1. The van der Waals surface area contributed by atoms with Gasteiger partial charge in [0, 0.05) is 35.1 Å². The van der Waals surface area contributed by atoms with E-state index in [2.05, 4.69) is 54.2 Å². The van der Waals surface area contributed by atoms with Gasteiger partial charge in [0.05, 0.1) is 5.52 Å². The van der Waals surface area contributed by atoms with Crippen molar-refractivity contribution in [3.8, 4) is 5.75 Å². The Labute approximate surface area is 149 Å². The summed E-state index contributed by atoms with van der Waals surface area (Å²) in [5, 5.41) is 14.7. The van der Waals surface area contributed by atoms with Gasteiger partial charge in [-0.3, -0.25) is 9.88 Å². The zero-order valence-electron chi connectivity index (χ0n) is 15.1. The van der Waals surface area contributed by atoms with Crippen LogP contribution in [0.5, 0.6) is 5.75 Å². The largest absolute Gasteiger partial charge is 0.508 e. The van der Waals surface area contributed by atoms with E-state index in [0.717, 1.165) is 47.5 Å². The summed E-state index contributed by atoms with van der Waals surface area (Å²) in [6.45, 7) is 9.00. The van der Waals surface area contributed by atoms with E-state index in [1.54, 1.807) is 6.07 Å². The number of benzene rings is 2. The molecule has 0 unspecified atom stereocenters. The summed E-state index contributed by atoms with van der Waals surface area (Å²) < 4.78 is 0. The third-order valence-electron chi connectivity index (χ3n) is 4.55. The number of aromatic nitrogens is 1. The van der Waals surface area contributed by atoms with Crippen molar-refractivity contribution in [2.45, 2.75) is 27.3 Å². The molecule has 2 aromatic carbocycles. The van der Waals surface area contributed by atoms with Crippen LogP contribution in [0.1, 0.15) is 25.0 Å². The van der Waals surface area contributed by atoms with Crippen molar-refractivity contribution in [1.29, 1.82) is 0 Å². The van der Waals surface area contributed by atoms with Gasteiger partial charge in [-0.15, -0.1) is 0 Å². The minimum atomic E-state index is 0.340. The van der Waals surface area contributed by atoms with Gasteiger partial charge in [-0.25, -0.2) is 0 Å². The lowest BCUT2D eigenvalue weighted by Crippen LogP contribution is -2.22. The minimum absolute atomic E-state index is 0.340. The van der Waals surface area contributed by atoms with Crippen LogP contribution >= 0.6 is 0 Å². The lowest BCUT2D eigenvalue weighted by molar-refractivity contribution is 0.291. The van der Waals surface area contributed by atoms with Crippen LogP contribution in [-0.2, 0) is 6.54 Å². The zero-order chi connectivity index (χ0) is 17.8. The molecule has 0 aliphatic carbocycles. The van der Waals surface area contributed by atoms with E-state index >= 15 is 0 Å². The van der Waals surface area contributed by atoms with Crippen LogP contribution in [0.25, 0.3) is 10.9 Å². The molecule has 0 aliphatic heterocycles. The summed E-state index contributed by atoms with van der Waals surface area (Å²) >= 11 is 0. The fraction of sp³-hybridized carbons (Fsp3) is 0.286. The fourth-order valence-electron chi connectivity index (χ4n) is 3.00. The molecular weight excluding hydrogens is 310 g/mol. The molecule has 1 heterocycles. The van der Waals surface area contributed by atoms with Gasteiger partial charge in [-0.05, 0) is 55.9 Å². The first-order chi connectivity index (χ1) is 12.1. The number of hydrogen-bond donors (Lipinski definition) is 2. The highest BCUT2D eigenvalue weighted by Gasteiger charge is 2.08. The number of nitrogens with zero attached hydrogens (tertiary/aromatic N) is 2. The summed E-state index contributed by atoms with van der Waals surface area (Å²) in [5.41, 5.74) is 5.09. The molecule has 0 saturated heterocycles. The average molecular weight is 335 g/mol. The second kappa shape index (κ2) is 7.53. The molecule has 4 heteroatoms. The molecule has 130 valence electrons. The summed E-state index contributed by atoms with van der Waals surface area (Å²) in [6.07, 6.45) is 1.82. The Hall–Kier alpha value is -2.59. The van der Waals surface area contributed by atoms with E-state index in [-0.39, 0.29) is 0 Å². The Balaban J connectivity index is 1.91. The van der Waals surface area contributed by atoms with Gasteiger partial charge in [0.1, 0.15) is 5.75 Å². The Kier molecular flexibility index (Phi) is 5.19. The van der Waals surface area contributed by atoms with Gasteiger partial charge >= 0.3 is 0 Å². The summed E-state index contributed by atoms with van der Waals surface area (Å²) in [6, 6.07) is 13.9. The first kappa shape index (κ1) is 17.2. The van der Waals surface area contributed by atoms with E-state index in [9.17, 15) is 5.11 Å². The number of aromatic hydroxyl groups is 1.